The van der Waals surface area contributed by atoms with E-state index in [4.69, 9.17) is 0 Å². The molecule has 0 aliphatic rings. The van der Waals surface area contributed by atoms with E-state index in [1.54, 1.807) is 13.8 Å². The van der Waals surface area contributed by atoms with Crippen LogP contribution in [-0.2, 0) is 19.4 Å². The van der Waals surface area contributed by atoms with Crippen LogP contribution in [0.5, 0.6) is 0 Å². The predicted molar refractivity (Wildman–Crippen MR) is 46.8 cm³/mol. The van der Waals surface area contributed by atoms with Gasteiger partial charge in [0.2, 0.25) is 0 Å². The fraction of sp³-hybridized carbons (Fsp3) is 0.778. The molecule has 0 aromatic carbocycles. The first kappa shape index (κ1) is 12.1. The fourth-order valence-electron chi connectivity index (χ4n) is 0.673. The first-order valence-corrected chi connectivity index (χ1v) is 4.38. The summed E-state index contributed by atoms with van der Waals surface area (Å²) in [6.45, 7) is 5.03. The second-order valence-electron chi connectivity index (χ2n) is 3.16. The summed E-state index contributed by atoms with van der Waals surface area (Å²) < 4.78 is 0. The number of Topliss-reactive ketones (excluding diaryl/α,β-unsaturated/α-hetero) is 1. The fourth-order valence-corrected chi connectivity index (χ4v) is 0.673. The molecule has 0 aromatic rings. The van der Waals surface area contributed by atoms with Gasteiger partial charge in [-0.05, 0) is 27.2 Å². The van der Waals surface area contributed by atoms with Gasteiger partial charge in [0.25, 0.3) is 0 Å². The van der Waals surface area contributed by atoms with Gasteiger partial charge in [-0.2, -0.15) is 4.89 Å². The van der Waals surface area contributed by atoms with Crippen LogP contribution >= 0.6 is 0 Å². The first-order chi connectivity index (χ1) is 6.02. The Morgan fingerprint density at radius 2 is 1.85 bits per heavy atom. The number of carbonyl (C=O) groups excluding carboxylic acids is 2. The Balaban J connectivity index is 3.35. The third-order valence-electron chi connectivity index (χ3n) is 1.24. The second-order valence-corrected chi connectivity index (χ2v) is 3.16. The van der Waals surface area contributed by atoms with Crippen LogP contribution in [0.25, 0.3) is 0 Å². The average molecular weight is 188 g/mol. The van der Waals surface area contributed by atoms with Crippen molar-refractivity contribution < 1.29 is 19.4 Å². The van der Waals surface area contributed by atoms with Crippen molar-refractivity contribution in [2.24, 2.45) is 0 Å². The maximum atomic E-state index is 10.9. The molecule has 0 aliphatic heterocycles. The zero-order valence-corrected chi connectivity index (χ0v) is 8.33. The van der Waals surface area contributed by atoms with Crippen molar-refractivity contribution in [1.82, 2.24) is 0 Å². The van der Waals surface area contributed by atoms with Crippen LogP contribution in [0.3, 0.4) is 0 Å². The lowest BCUT2D eigenvalue weighted by Crippen LogP contribution is -2.10. The number of ketones is 1. The highest BCUT2D eigenvalue weighted by Crippen LogP contribution is 2.00. The zero-order valence-electron chi connectivity index (χ0n) is 8.33. The van der Waals surface area contributed by atoms with E-state index >= 15 is 0 Å². The molecule has 0 saturated heterocycles. The van der Waals surface area contributed by atoms with Crippen molar-refractivity contribution in [3.05, 3.63) is 0 Å². The molecule has 0 heterocycles. The summed E-state index contributed by atoms with van der Waals surface area (Å²) in [7, 11) is 0. The lowest BCUT2D eigenvalue weighted by atomic mass is 10.2. The molecular weight excluding hydrogens is 172 g/mol. The summed E-state index contributed by atoms with van der Waals surface area (Å²) in [6.07, 6.45) is 1.04. The molecule has 0 atom stereocenters. The molecular formula is C9H16O4. The first-order valence-electron chi connectivity index (χ1n) is 4.38. The van der Waals surface area contributed by atoms with Gasteiger partial charge in [0.05, 0.1) is 6.10 Å². The molecule has 0 rings (SSSR count). The van der Waals surface area contributed by atoms with Crippen LogP contribution in [0.2, 0.25) is 0 Å². The molecule has 0 aliphatic carbocycles. The van der Waals surface area contributed by atoms with Crippen molar-refractivity contribution in [3.8, 4) is 0 Å². The van der Waals surface area contributed by atoms with E-state index in [9.17, 15) is 9.59 Å². The van der Waals surface area contributed by atoms with Crippen molar-refractivity contribution in [2.45, 2.75) is 46.1 Å². The van der Waals surface area contributed by atoms with Gasteiger partial charge in [-0.25, -0.2) is 4.79 Å². The lowest BCUT2D eigenvalue weighted by molar-refractivity contribution is -0.291. The lowest BCUT2D eigenvalue weighted by Gasteiger charge is -2.05. The Morgan fingerprint density at radius 1 is 1.23 bits per heavy atom. The molecule has 0 amide bonds. The summed E-state index contributed by atoms with van der Waals surface area (Å²) in [5.41, 5.74) is 0. The van der Waals surface area contributed by atoms with E-state index < -0.39 is 5.97 Å². The van der Waals surface area contributed by atoms with Crippen LogP contribution < -0.4 is 0 Å². The van der Waals surface area contributed by atoms with Gasteiger partial charge in [0.15, 0.2) is 0 Å². The van der Waals surface area contributed by atoms with E-state index in [0.29, 0.717) is 12.8 Å². The minimum absolute atomic E-state index is 0.0811. The van der Waals surface area contributed by atoms with Crippen molar-refractivity contribution >= 4 is 11.8 Å². The maximum absolute atomic E-state index is 10.9. The summed E-state index contributed by atoms with van der Waals surface area (Å²) in [5, 5.41) is 0. The number of hydrogen-bond donors (Lipinski definition) is 0. The average Bonchev–Trinajstić information content (AvgIpc) is 2.00. The van der Waals surface area contributed by atoms with Crippen molar-refractivity contribution in [2.75, 3.05) is 0 Å². The molecule has 4 heteroatoms. The molecule has 0 bridgehead atoms. The number of rotatable bonds is 6. The quantitative estimate of drug-likeness (QED) is 0.469. The highest BCUT2D eigenvalue weighted by molar-refractivity contribution is 5.76. The second kappa shape index (κ2) is 6.60. The van der Waals surface area contributed by atoms with Gasteiger partial charge < -0.3 is 4.79 Å². The number of carbonyl (C=O) groups is 2. The highest BCUT2D eigenvalue weighted by atomic mass is 17.2. The monoisotopic (exact) mass is 188 g/mol. The molecule has 0 spiro atoms. The van der Waals surface area contributed by atoms with Crippen LogP contribution in [-0.4, -0.2) is 17.9 Å². The van der Waals surface area contributed by atoms with Crippen molar-refractivity contribution in [3.63, 3.8) is 0 Å². The van der Waals surface area contributed by atoms with Crippen molar-refractivity contribution in [1.29, 1.82) is 0 Å². The molecule has 0 fully saturated rings. The van der Waals surface area contributed by atoms with E-state index in [0.717, 1.165) is 0 Å². The Hall–Kier alpha value is -0.900. The van der Waals surface area contributed by atoms with Gasteiger partial charge in [-0.1, -0.05) is 0 Å². The zero-order chi connectivity index (χ0) is 10.3. The summed E-state index contributed by atoms with van der Waals surface area (Å²) in [4.78, 5) is 30.4. The predicted octanol–water partition coefficient (Wildman–Crippen LogP) is 1.63. The van der Waals surface area contributed by atoms with Gasteiger partial charge >= 0.3 is 5.97 Å². The van der Waals surface area contributed by atoms with E-state index in [-0.39, 0.29) is 18.3 Å². The topological polar surface area (TPSA) is 52.6 Å². The minimum atomic E-state index is -0.421. The molecule has 0 unspecified atom stereocenters. The number of hydrogen-bond acceptors (Lipinski definition) is 4. The summed E-state index contributed by atoms with van der Waals surface area (Å²) >= 11 is 0. The Bertz CT molecular complexity index is 174. The van der Waals surface area contributed by atoms with Crippen LogP contribution in [0.1, 0.15) is 40.0 Å². The molecule has 4 nitrogen and oxygen atoms in total. The maximum Gasteiger partial charge on any atom is 0.342 e. The largest absolute Gasteiger partial charge is 0.342 e. The van der Waals surface area contributed by atoms with Crippen LogP contribution in [0.4, 0.5) is 0 Å². The van der Waals surface area contributed by atoms with Crippen LogP contribution in [0, 0.1) is 0 Å². The Labute approximate surface area is 78.1 Å². The molecule has 76 valence electrons. The van der Waals surface area contributed by atoms with Gasteiger partial charge in [0, 0.05) is 12.8 Å². The normalized spacial score (nSPS) is 10.2. The smallest absolute Gasteiger partial charge is 0.300 e. The minimum Gasteiger partial charge on any atom is -0.300 e. The molecule has 0 saturated carbocycles. The standard InChI is InChI=1S/C9H16O4/c1-7(2)12-13-9(11)6-4-5-8(3)10/h7H,4-6H2,1-3H3. The molecule has 0 N–H and O–H groups in total. The van der Waals surface area contributed by atoms with Gasteiger partial charge in [-0.3, -0.25) is 4.89 Å². The van der Waals surface area contributed by atoms with E-state index in [1.165, 1.54) is 6.92 Å². The molecule has 0 aromatic heterocycles. The van der Waals surface area contributed by atoms with E-state index in [2.05, 4.69) is 9.78 Å². The third-order valence-corrected chi connectivity index (χ3v) is 1.24. The highest BCUT2D eigenvalue weighted by Gasteiger charge is 2.05. The summed E-state index contributed by atoms with van der Waals surface area (Å²) in [6, 6.07) is 0. The van der Waals surface area contributed by atoms with Gasteiger partial charge in [-0.15, -0.1) is 0 Å². The Morgan fingerprint density at radius 3 is 2.31 bits per heavy atom. The summed E-state index contributed by atoms with van der Waals surface area (Å²) in [5.74, 6) is -0.340. The SMILES string of the molecule is CC(=O)CCCC(=O)OOC(C)C. The third kappa shape index (κ3) is 9.01. The molecule has 13 heavy (non-hydrogen) atoms. The van der Waals surface area contributed by atoms with Crippen LogP contribution in [0.15, 0.2) is 0 Å². The van der Waals surface area contributed by atoms with Gasteiger partial charge in [0.1, 0.15) is 5.78 Å². The van der Waals surface area contributed by atoms with E-state index in [1.807, 2.05) is 0 Å². The molecule has 0 radical (unpaired) electrons. The Kier molecular flexibility index (Phi) is 6.14.